The molecular weight excluding hydrogens is 346 g/mol. The van der Waals surface area contributed by atoms with Gasteiger partial charge in [-0.25, -0.2) is 4.79 Å². The lowest BCUT2D eigenvalue weighted by Crippen LogP contribution is -2.14. The zero-order valence-corrected chi connectivity index (χ0v) is 14.1. The van der Waals surface area contributed by atoms with Crippen molar-refractivity contribution in [2.45, 2.75) is 13.8 Å². The topological polar surface area (TPSA) is 58.6 Å². The summed E-state index contributed by atoms with van der Waals surface area (Å²) in [5.74, 6) is -0.102. The molecule has 0 aliphatic heterocycles. The van der Waals surface area contributed by atoms with Crippen LogP contribution in [0.2, 0.25) is 0 Å². The number of benzene rings is 2. The first-order valence-electron chi connectivity index (χ1n) is 6.94. The van der Waals surface area contributed by atoms with Crippen LogP contribution in [0.5, 0.6) is 5.75 Å². The van der Waals surface area contributed by atoms with Crippen LogP contribution in [-0.4, -0.2) is 24.2 Å². The van der Waals surface area contributed by atoms with Crippen LogP contribution in [0.25, 0.3) is 0 Å². The Morgan fingerprint density at radius 1 is 1.23 bits per heavy atom. The van der Waals surface area contributed by atoms with Crippen molar-refractivity contribution < 1.29 is 14.6 Å². The van der Waals surface area contributed by atoms with E-state index in [1.54, 1.807) is 18.2 Å². The van der Waals surface area contributed by atoms with Crippen LogP contribution in [0.3, 0.4) is 0 Å². The highest BCUT2D eigenvalue weighted by Crippen LogP contribution is 2.21. The minimum Gasteiger partial charge on any atom is -0.491 e. The smallest absolute Gasteiger partial charge is 0.337 e. The normalized spacial score (nSPS) is 10.3. The number of ether oxygens (including phenoxy) is 1. The van der Waals surface area contributed by atoms with E-state index in [9.17, 15) is 9.90 Å². The maximum atomic E-state index is 11.2. The third-order valence-electron chi connectivity index (χ3n) is 3.23. The summed E-state index contributed by atoms with van der Waals surface area (Å²) in [4.78, 5) is 11.2. The number of hydrogen-bond donors (Lipinski definition) is 2. The Bertz CT molecular complexity index is 686. The molecule has 0 aliphatic rings. The maximum Gasteiger partial charge on any atom is 0.337 e. The van der Waals surface area contributed by atoms with Gasteiger partial charge < -0.3 is 15.2 Å². The summed E-state index contributed by atoms with van der Waals surface area (Å²) in [6.07, 6.45) is 0. The molecule has 0 aromatic heterocycles. The van der Waals surface area contributed by atoms with E-state index < -0.39 is 5.97 Å². The average Bonchev–Trinajstić information content (AvgIpc) is 2.48. The minimum absolute atomic E-state index is 0.237. The average molecular weight is 364 g/mol. The lowest BCUT2D eigenvalue weighted by atomic mass is 10.1. The van der Waals surface area contributed by atoms with Crippen molar-refractivity contribution in [3.8, 4) is 5.75 Å². The first-order valence-corrected chi connectivity index (χ1v) is 7.73. The van der Waals surface area contributed by atoms with E-state index in [4.69, 9.17) is 4.74 Å². The molecule has 0 spiro atoms. The highest BCUT2D eigenvalue weighted by molar-refractivity contribution is 9.10. The number of carboxylic acids is 1. The fraction of sp³-hybridized carbons (Fsp3) is 0.235. The molecule has 0 saturated carbocycles. The zero-order chi connectivity index (χ0) is 16.1. The van der Waals surface area contributed by atoms with E-state index in [1.807, 2.05) is 32.0 Å². The van der Waals surface area contributed by atoms with Gasteiger partial charge in [0.25, 0.3) is 0 Å². The van der Waals surface area contributed by atoms with Crippen LogP contribution < -0.4 is 10.1 Å². The Kier molecular flexibility index (Phi) is 5.44. The molecule has 2 aromatic rings. The van der Waals surface area contributed by atoms with Gasteiger partial charge in [0.05, 0.1) is 5.56 Å². The van der Waals surface area contributed by atoms with E-state index in [0.29, 0.717) is 18.8 Å². The summed E-state index contributed by atoms with van der Waals surface area (Å²) in [5, 5.41) is 12.3. The van der Waals surface area contributed by atoms with Gasteiger partial charge in [-0.05, 0) is 49.2 Å². The highest BCUT2D eigenvalue weighted by Gasteiger charge is 2.10. The number of carboxylic acid groups (broad SMARTS) is 1. The predicted molar refractivity (Wildman–Crippen MR) is 91.0 cm³/mol. The van der Waals surface area contributed by atoms with E-state index in [0.717, 1.165) is 21.3 Å². The molecular formula is C17H18BrNO3. The van der Waals surface area contributed by atoms with Gasteiger partial charge in [-0.3, -0.25) is 0 Å². The number of aromatic carboxylic acids is 1. The monoisotopic (exact) mass is 363 g/mol. The number of aryl methyl sites for hydroxylation is 2. The number of halogens is 1. The van der Waals surface area contributed by atoms with Crippen molar-refractivity contribution in [2.75, 3.05) is 18.5 Å². The molecule has 0 heterocycles. The minimum atomic E-state index is -0.959. The molecule has 22 heavy (non-hydrogen) atoms. The van der Waals surface area contributed by atoms with E-state index in [1.165, 1.54) is 0 Å². The van der Waals surface area contributed by atoms with Gasteiger partial charge in [0.15, 0.2) is 0 Å². The van der Waals surface area contributed by atoms with Crippen molar-refractivity contribution in [1.29, 1.82) is 0 Å². The Morgan fingerprint density at radius 3 is 2.73 bits per heavy atom. The van der Waals surface area contributed by atoms with E-state index >= 15 is 0 Å². The standard InChI is InChI=1S/C17H18BrNO3/c1-11-3-4-12(2)16(9-11)22-8-7-19-15-6-5-13(18)10-14(15)17(20)21/h3-6,9-10,19H,7-8H2,1-2H3,(H,20,21). The number of hydrogen-bond acceptors (Lipinski definition) is 3. The maximum absolute atomic E-state index is 11.2. The lowest BCUT2D eigenvalue weighted by Gasteiger charge is -2.12. The van der Waals surface area contributed by atoms with Crippen LogP contribution in [0.15, 0.2) is 40.9 Å². The predicted octanol–water partition coefficient (Wildman–Crippen LogP) is 4.26. The van der Waals surface area contributed by atoms with Gasteiger partial charge in [0, 0.05) is 16.7 Å². The molecule has 0 aliphatic carbocycles. The SMILES string of the molecule is Cc1ccc(C)c(OCCNc2ccc(Br)cc2C(=O)O)c1. The Balaban J connectivity index is 1.94. The van der Waals surface area contributed by atoms with Crippen LogP contribution in [0.1, 0.15) is 21.5 Å². The third kappa shape index (κ3) is 4.24. The van der Waals surface area contributed by atoms with E-state index in [-0.39, 0.29) is 5.56 Å². The molecule has 2 N–H and O–H groups in total. The van der Waals surface area contributed by atoms with Gasteiger partial charge in [0.2, 0.25) is 0 Å². The van der Waals surface area contributed by atoms with Gasteiger partial charge in [0.1, 0.15) is 12.4 Å². The molecule has 0 saturated heterocycles. The highest BCUT2D eigenvalue weighted by atomic mass is 79.9. The van der Waals surface area contributed by atoms with Gasteiger partial charge in [-0.2, -0.15) is 0 Å². The molecule has 116 valence electrons. The first-order chi connectivity index (χ1) is 10.5. The zero-order valence-electron chi connectivity index (χ0n) is 12.5. The third-order valence-corrected chi connectivity index (χ3v) is 3.72. The Hall–Kier alpha value is -2.01. The second-order valence-electron chi connectivity index (χ2n) is 5.04. The van der Waals surface area contributed by atoms with Gasteiger partial charge in [-0.15, -0.1) is 0 Å². The summed E-state index contributed by atoms with van der Waals surface area (Å²) in [5.41, 5.74) is 3.05. The van der Waals surface area contributed by atoms with Crippen LogP contribution in [0.4, 0.5) is 5.69 Å². The Morgan fingerprint density at radius 2 is 2.00 bits per heavy atom. The fourth-order valence-corrected chi connectivity index (χ4v) is 2.42. The fourth-order valence-electron chi connectivity index (χ4n) is 2.06. The summed E-state index contributed by atoms with van der Waals surface area (Å²) in [7, 11) is 0. The summed E-state index contributed by atoms with van der Waals surface area (Å²) in [6.45, 7) is 5.00. The molecule has 5 heteroatoms. The molecule has 0 fully saturated rings. The van der Waals surface area contributed by atoms with Crippen molar-refractivity contribution >= 4 is 27.6 Å². The van der Waals surface area contributed by atoms with Crippen LogP contribution in [-0.2, 0) is 0 Å². The Labute approximate surface area is 138 Å². The first kappa shape index (κ1) is 16.4. The van der Waals surface area contributed by atoms with Gasteiger partial charge >= 0.3 is 5.97 Å². The second kappa shape index (κ2) is 7.31. The summed E-state index contributed by atoms with van der Waals surface area (Å²) >= 11 is 3.28. The molecule has 0 atom stereocenters. The number of nitrogens with one attached hydrogen (secondary N) is 1. The van der Waals surface area contributed by atoms with Gasteiger partial charge in [-0.1, -0.05) is 28.1 Å². The molecule has 2 aromatic carbocycles. The van der Waals surface area contributed by atoms with Crippen molar-refractivity contribution in [3.05, 3.63) is 57.6 Å². The van der Waals surface area contributed by atoms with Crippen molar-refractivity contribution in [3.63, 3.8) is 0 Å². The molecule has 0 amide bonds. The molecule has 0 radical (unpaired) electrons. The number of rotatable bonds is 6. The number of carbonyl (C=O) groups is 1. The van der Waals surface area contributed by atoms with Crippen LogP contribution in [0, 0.1) is 13.8 Å². The lowest BCUT2D eigenvalue weighted by molar-refractivity contribution is 0.0698. The summed E-state index contributed by atoms with van der Waals surface area (Å²) in [6, 6.07) is 11.2. The largest absolute Gasteiger partial charge is 0.491 e. The molecule has 0 unspecified atom stereocenters. The summed E-state index contributed by atoms with van der Waals surface area (Å²) < 4.78 is 6.48. The molecule has 0 bridgehead atoms. The second-order valence-corrected chi connectivity index (χ2v) is 5.95. The number of anilines is 1. The molecule has 2 rings (SSSR count). The molecule has 4 nitrogen and oxygen atoms in total. The van der Waals surface area contributed by atoms with Crippen LogP contribution >= 0.6 is 15.9 Å². The van der Waals surface area contributed by atoms with Crippen molar-refractivity contribution in [2.24, 2.45) is 0 Å². The quantitative estimate of drug-likeness (QED) is 0.753. The van der Waals surface area contributed by atoms with E-state index in [2.05, 4.69) is 21.2 Å². The van der Waals surface area contributed by atoms with Crippen molar-refractivity contribution in [1.82, 2.24) is 0 Å².